The van der Waals surface area contributed by atoms with E-state index in [0.29, 0.717) is 10.8 Å². The second-order valence-electron chi connectivity index (χ2n) is 5.69. The lowest BCUT2D eigenvalue weighted by Gasteiger charge is -2.11. The molecule has 7 nitrogen and oxygen atoms in total. The van der Waals surface area contributed by atoms with E-state index in [1.165, 1.54) is 24.5 Å². The van der Waals surface area contributed by atoms with Crippen LogP contribution in [0.15, 0.2) is 54.9 Å². The third-order valence-electron chi connectivity index (χ3n) is 3.64. The summed E-state index contributed by atoms with van der Waals surface area (Å²) in [6.07, 6.45) is 2.83. The maximum Gasteiger partial charge on any atom is 0.277 e. The minimum Gasteiger partial charge on any atom is -0.507 e. The first-order valence-electron chi connectivity index (χ1n) is 7.93. The smallest absolute Gasteiger partial charge is 0.277 e. The lowest BCUT2D eigenvalue weighted by Crippen LogP contribution is -2.20. The molecule has 2 heterocycles. The summed E-state index contributed by atoms with van der Waals surface area (Å²) in [7, 11) is 0. The number of aromatic nitrogens is 2. The molecule has 0 bridgehead atoms. The minimum atomic E-state index is -0.556. The van der Waals surface area contributed by atoms with Gasteiger partial charge in [0.1, 0.15) is 11.6 Å². The topological polar surface area (TPSA) is 104 Å². The summed E-state index contributed by atoms with van der Waals surface area (Å²) >= 11 is 5.77. The number of phenols is 1. The summed E-state index contributed by atoms with van der Waals surface area (Å²) in [5.74, 6) is -0.954. The van der Waals surface area contributed by atoms with E-state index in [0.717, 1.165) is 5.56 Å². The Kier molecular flexibility index (Phi) is 5.33. The van der Waals surface area contributed by atoms with Crippen molar-refractivity contribution in [2.45, 2.75) is 6.92 Å². The van der Waals surface area contributed by atoms with Crippen molar-refractivity contribution in [3.63, 3.8) is 0 Å². The molecule has 0 aliphatic heterocycles. The van der Waals surface area contributed by atoms with Crippen LogP contribution in [0.3, 0.4) is 0 Å². The Morgan fingerprint density at radius 1 is 1.04 bits per heavy atom. The van der Waals surface area contributed by atoms with E-state index in [9.17, 15) is 14.7 Å². The van der Waals surface area contributed by atoms with Gasteiger partial charge in [-0.25, -0.2) is 9.97 Å². The molecule has 0 atom stereocenters. The van der Waals surface area contributed by atoms with E-state index in [2.05, 4.69) is 20.6 Å². The summed E-state index contributed by atoms with van der Waals surface area (Å²) in [4.78, 5) is 33.0. The number of aryl methyl sites for hydroxylation is 1. The SMILES string of the molecule is Cc1ccc(C(=O)Nc2cccnc2C(=O)Nc2ccc(Cl)cn2)c(O)c1. The van der Waals surface area contributed by atoms with Crippen LogP contribution in [0.2, 0.25) is 5.02 Å². The molecule has 3 aromatic rings. The number of benzene rings is 1. The fourth-order valence-corrected chi connectivity index (χ4v) is 2.45. The van der Waals surface area contributed by atoms with Crippen LogP contribution in [-0.2, 0) is 0 Å². The third-order valence-corrected chi connectivity index (χ3v) is 3.86. The first-order valence-corrected chi connectivity index (χ1v) is 8.31. The number of pyridine rings is 2. The number of carbonyl (C=O) groups excluding carboxylic acids is 2. The van der Waals surface area contributed by atoms with Crippen LogP contribution >= 0.6 is 11.6 Å². The molecule has 0 fully saturated rings. The third kappa shape index (κ3) is 4.39. The molecule has 0 aliphatic rings. The first-order chi connectivity index (χ1) is 12.9. The second kappa shape index (κ2) is 7.84. The van der Waals surface area contributed by atoms with Gasteiger partial charge in [-0.15, -0.1) is 0 Å². The fourth-order valence-electron chi connectivity index (χ4n) is 2.34. The van der Waals surface area contributed by atoms with E-state index in [1.54, 1.807) is 37.3 Å². The molecule has 1 aromatic carbocycles. The number of amides is 2. The number of nitrogens with one attached hydrogen (secondary N) is 2. The van der Waals surface area contributed by atoms with Crippen LogP contribution in [0.4, 0.5) is 11.5 Å². The van der Waals surface area contributed by atoms with E-state index in [4.69, 9.17) is 11.6 Å². The molecular formula is C19H15ClN4O3. The lowest BCUT2D eigenvalue weighted by atomic mass is 10.1. The summed E-state index contributed by atoms with van der Waals surface area (Å²) in [6.45, 7) is 1.80. The summed E-state index contributed by atoms with van der Waals surface area (Å²) in [5, 5.41) is 15.6. The molecule has 3 N–H and O–H groups in total. The van der Waals surface area contributed by atoms with Gasteiger partial charge in [0.25, 0.3) is 11.8 Å². The van der Waals surface area contributed by atoms with E-state index < -0.39 is 11.8 Å². The fraction of sp³-hybridized carbons (Fsp3) is 0.0526. The van der Waals surface area contributed by atoms with Crippen LogP contribution in [0.1, 0.15) is 26.4 Å². The summed E-state index contributed by atoms with van der Waals surface area (Å²) < 4.78 is 0. The highest BCUT2D eigenvalue weighted by molar-refractivity contribution is 6.30. The van der Waals surface area contributed by atoms with Gasteiger partial charge < -0.3 is 15.7 Å². The average Bonchev–Trinajstić information content (AvgIpc) is 2.64. The molecule has 27 heavy (non-hydrogen) atoms. The Morgan fingerprint density at radius 3 is 2.56 bits per heavy atom. The van der Waals surface area contributed by atoms with Crippen LogP contribution < -0.4 is 10.6 Å². The first kappa shape index (κ1) is 18.3. The highest BCUT2D eigenvalue weighted by atomic mass is 35.5. The standard InChI is InChI=1S/C19H15ClN4O3/c1-11-4-6-13(15(25)9-11)18(26)23-14-3-2-8-21-17(14)19(27)24-16-7-5-12(20)10-22-16/h2-10,25H,1H3,(H,23,26)(H,22,24,27). The quantitative estimate of drug-likeness (QED) is 0.639. The normalized spacial score (nSPS) is 10.3. The number of halogens is 1. The molecule has 8 heteroatoms. The number of hydrogen-bond donors (Lipinski definition) is 3. The van der Waals surface area contributed by atoms with Crippen molar-refractivity contribution in [1.82, 2.24) is 9.97 Å². The van der Waals surface area contributed by atoms with Gasteiger partial charge >= 0.3 is 0 Å². The molecule has 0 spiro atoms. The van der Waals surface area contributed by atoms with E-state index >= 15 is 0 Å². The van der Waals surface area contributed by atoms with Gasteiger partial charge in [-0.2, -0.15) is 0 Å². The number of nitrogens with zero attached hydrogens (tertiary/aromatic N) is 2. The van der Waals surface area contributed by atoms with Gasteiger partial charge in [0.2, 0.25) is 0 Å². The number of anilines is 2. The number of phenolic OH excluding ortho intramolecular Hbond substituents is 1. The van der Waals surface area contributed by atoms with Crippen LogP contribution in [-0.4, -0.2) is 26.9 Å². The van der Waals surface area contributed by atoms with Gasteiger partial charge in [-0.05, 0) is 48.9 Å². The summed E-state index contributed by atoms with van der Waals surface area (Å²) in [6, 6.07) is 11.0. The van der Waals surface area contributed by atoms with Gasteiger partial charge in [-0.1, -0.05) is 17.7 Å². The number of rotatable bonds is 4. The predicted molar refractivity (Wildman–Crippen MR) is 102 cm³/mol. The van der Waals surface area contributed by atoms with Gasteiger partial charge in [0.05, 0.1) is 16.3 Å². The molecular weight excluding hydrogens is 368 g/mol. The van der Waals surface area contributed by atoms with Crippen molar-refractivity contribution < 1.29 is 14.7 Å². The molecule has 2 amide bonds. The number of carbonyl (C=O) groups is 2. The Hall–Kier alpha value is -3.45. The van der Waals surface area contributed by atoms with Crippen molar-refractivity contribution in [2.75, 3.05) is 10.6 Å². The second-order valence-corrected chi connectivity index (χ2v) is 6.13. The molecule has 136 valence electrons. The monoisotopic (exact) mass is 382 g/mol. The van der Waals surface area contributed by atoms with Gasteiger partial charge in [-0.3, -0.25) is 9.59 Å². The summed E-state index contributed by atoms with van der Waals surface area (Å²) in [5.41, 5.74) is 1.12. The van der Waals surface area contributed by atoms with E-state index in [-0.39, 0.29) is 22.7 Å². The molecule has 0 saturated carbocycles. The highest BCUT2D eigenvalue weighted by Crippen LogP contribution is 2.21. The zero-order valence-corrected chi connectivity index (χ0v) is 15.0. The maximum atomic E-state index is 12.5. The highest BCUT2D eigenvalue weighted by Gasteiger charge is 2.18. The molecule has 0 saturated heterocycles. The Balaban J connectivity index is 1.82. The minimum absolute atomic E-state index is 0.00852. The zero-order valence-electron chi connectivity index (χ0n) is 14.2. The van der Waals surface area contributed by atoms with Gasteiger partial charge in [0.15, 0.2) is 5.69 Å². The van der Waals surface area contributed by atoms with Crippen molar-refractivity contribution in [3.8, 4) is 5.75 Å². The maximum absolute atomic E-state index is 12.5. The van der Waals surface area contributed by atoms with Crippen LogP contribution in [0.25, 0.3) is 0 Å². The van der Waals surface area contributed by atoms with Crippen molar-refractivity contribution >= 4 is 34.9 Å². The van der Waals surface area contributed by atoms with Gasteiger partial charge in [0, 0.05) is 12.4 Å². The van der Waals surface area contributed by atoms with Crippen molar-refractivity contribution in [1.29, 1.82) is 0 Å². The molecule has 0 aliphatic carbocycles. The lowest BCUT2D eigenvalue weighted by molar-refractivity contribution is 0.102. The Morgan fingerprint density at radius 2 is 1.85 bits per heavy atom. The van der Waals surface area contributed by atoms with Crippen molar-refractivity contribution in [3.05, 3.63) is 76.7 Å². The largest absolute Gasteiger partial charge is 0.507 e. The number of aromatic hydroxyl groups is 1. The van der Waals surface area contributed by atoms with E-state index in [1.807, 2.05) is 0 Å². The molecule has 2 aromatic heterocycles. The molecule has 0 radical (unpaired) electrons. The van der Waals surface area contributed by atoms with Crippen LogP contribution in [0.5, 0.6) is 5.75 Å². The Labute approximate surface area is 160 Å². The van der Waals surface area contributed by atoms with Crippen molar-refractivity contribution in [2.24, 2.45) is 0 Å². The zero-order chi connectivity index (χ0) is 19.4. The molecule has 3 rings (SSSR count). The Bertz CT molecular complexity index is 1010. The molecule has 0 unspecified atom stereocenters. The van der Waals surface area contributed by atoms with Crippen LogP contribution in [0, 0.1) is 6.92 Å². The predicted octanol–water partition coefficient (Wildman–Crippen LogP) is 3.65. The number of hydrogen-bond acceptors (Lipinski definition) is 5. The average molecular weight is 383 g/mol.